The van der Waals surface area contributed by atoms with Gasteiger partial charge in [-0.1, -0.05) is 47.8 Å². The summed E-state index contributed by atoms with van der Waals surface area (Å²) < 4.78 is 0. The highest BCUT2D eigenvalue weighted by atomic mass is 16.1. The fraction of sp³-hybridized carbons (Fsp3) is 0.647. The zero-order chi connectivity index (χ0) is 15.3. The first-order valence-electron chi connectivity index (χ1n) is 6.86. The third-order valence-corrected chi connectivity index (χ3v) is 3.49. The molecule has 0 rings (SSSR count). The molecule has 0 fully saturated rings. The maximum Gasteiger partial charge on any atom is 0.160 e. The summed E-state index contributed by atoms with van der Waals surface area (Å²) in [6.45, 7) is 17.3. The highest BCUT2D eigenvalue weighted by Crippen LogP contribution is 2.36. The van der Waals surface area contributed by atoms with Crippen LogP contribution in [0.3, 0.4) is 0 Å². The second-order valence-corrected chi connectivity index (χ2v) is 6.98. The van der Waals surface area contributed by atoms with Crippen molar-refractivity contribution >= 4 is 11.6 Å². The van der Waals surface area contributed by atoms with Crippen LogP contribution in [0.2, 0.25) is 0 Å². The number of ketones is 2. The minimum atomic E-state index is -0.375. The largest absolute Gasteiger partial charge is 0.295 e. The third-order valence-electron chi connectivity index (χ3n) is 3.49. The number of rotatable bonds is 9. The molecule has 0 amide bonds. The molecule has 2 nitrogen and oxygen atoms in total. The number of hydrogen-bond acceptors (Lipinski definition) is 2. The summed E-state index contributed by atoms with van der Waals surface area (Å²) in [5.41, 5.74) is -0.433. The van der Waals surface area contributed by atoms with Gasteiger partial charge in [0.1, 0.15) is 0 Å². The Bertz CT molecular complexity index is 361. The summed E-state index contributed by atoms with van der Waals surface area (Å²) in [4.78, 5) is 23.2. The highest BCUT2D eigenvalue weighted by molar-refractivity contribution is 5.93. The van der Waals surface area contributed by atoms with Gasteiger partial charge in [-0.3, -0.25) is 9.59 Å². The number of carbonyl (C=O) groups is 2. The molecule has 1 atom stereocenters. The summed E-state index contributed by atoms with van der Waals surface area (Å²) >= 11 is 0. The molecule has 0 heterocycles. The molecule has 2 heteroatoms. The molecule has 1 unspecified atom stereocenters. The highest BCUT2D eigenvalue weighted by Gasteiger charge is 2.30. The molecule has 0 bridgehead atoms. The predicted molar refractivity (Wildman–Crippen MR) is 81.0 cm³/mol. The van der Waals surface area contributed by atoms with Crippen LogP contribution in [-0.2, 0) is 9.59 Å². The normalized spacial score (nSPS) is 13.7. The van der Waals surface area contributed by atoms with Crippen molar-refractivity contribution in [3.8, 4) is 0 Å². The van der Waals surface area contributed by atoms with Crippen molar-refractivity contribution in [2.24, 2.45) is 16.7 Å². The SMILES string of the molecule is C=CC(=O)CC(C)(C)CC(C)CC(C)(C)C(=O)C=C. The molecule has 0 aliphatic heterocycles. The topological polar surface area (TPSA) is 34.1 Å². The van der Waals surface area contributed by atoms with E-state index in [1.807, 2.05) is 13.8 Å². The van der Waals surface area contributed by atoms with E-state index in [0.29, 0.717) is 12.3 Å². The second-order valence-electron chi connectivity index (χ2n) is 6.98. The van der Waals surface area contributed by atoms with E-state index in [1.165, 1.54) is 12.2 Å². The van der Waals surface area contributed by atoms with Gasteiger partial charge in [0.25, 0.3) is 0 Å². The Morgan fingerprint density at radius 3 is 2.00 bits per heavy atom. The van der Waals surface area contributed by atoms with E-state index < -0.39 is 0 Å². The minimum Gasteiger partial charge on any atom is -0.295 e. The van der Waals surface area contributed by atoms with Crippen LogP contribution in [0.4, 0.5) is 0 Å². The van der Waals surface area contributed by atoms with Gasteiger partial charge in [-0.05, 0) is 36.3 Å². The van der Waals surface area contributed by atoms with Gasteiger partial charge in [-0.25, -0.2) is 0 Å². The van der Waals surface area contributed by atoms with E-state index in [1.54, 1.807) is 0 Å². The van der Waals surface area contributed by atoms with Gasteiger partial charge < -0.3 is 0 Å². The Labute approximate surface area is 118 Å². The molecule has 0 aliphatic rings. The Morgan fingerprint density at radius 2 is 1.58 bits per heavy atom. The smallest absolute Gasteiger partial charge is 0.160 e. The maximum absolute atomic E-state index is 11.8. The van der Waals surface area contributed by atoms with Crippen LogP contribution in [0.5, 0.6) is 0 Å². The van der Waals surface area contributed by atoms with Crippen molar-refractivity contribution in [3.63, 3.8) is 0 Å². The Morgan fingerprint density at radius 1 is 1.05 bits per heavy atom. The zero-order valence-corrected chi connectivity index (χ0v) is 13.1. The number of allylic oxidation sites excluding steroid dienone is 2. The third kappa shape index (κ3) is 6.51. The van der Waals surface area contributed by atoms with E-state index in [0.717, 1.165) is 12.8 Å². The van der Waals surface area contributed by atoms with E-state index in [4.69, 9.17) is 0 Å². The fourth-order valence-corrected chi connectivity index (χ4v) is 2.88. The van der Waals surface area contributed by atoms with Crippen molar-refractivity contribution in [3.05, 3.63) is 25.3 Å². The van der Waals surface area contributed by atoms with Gasteiger partial charge in [0.15, 0.2) is 11.6 Å². The van der Waals surface area contributed by atoms with Crippen LogP contribution < -0.4 is 0 Å². The molecular weight excluding hydrogens is 236 g/mol. The van der Waals surface area contributed by atoms with E-state index in [2.05, 4.69) is 33.9 Å². The van der Waals surface area contributed by atoms with Gasteiger partial charge in [-0.15, -0.1) is 0 Å². The maximum atomic E-state index is 11.8. The van der Waals surface area contributed by atoms with Crippen LogP contribution in [0, 0.1) is 16.7 Å². The molecular formula is C17H28O2. The first kappa shape index (κ1) is 17.8. The number of carbonyl (C=O) groups excluding carboxylic acids is 2. The van der Waals surface area contributed by atoms with Crippen LogP contribution in [-0.4, -0.2) is 11.6 Å². The zero-order valence-electron chi connectivity index (χ0n) is 13.1. The van der Waals surface area contributed by atoms with Gasteiger partial charge in [0.05, 0.1) is 0 Å². The van der Waals surface area contributed by atoms with Crippen molar-refractivity contribution < 1.29 is 9.59 Å². The summed E-state index contributed by atoms with van der Waals surface area (Å²) in [6, 6.07) is 0. The first-order valence-corrected chi connectivity index (χ1v) is 6.86. The Kier molecular flexibility index (Phi) is 6.41. The summed E-state index contributed by atoms with van der Waals surface area (Å²) in [6.07, 6.45) is 5.03. The van der Waals surface area contributed by atoms with Crippen LogP contribution in [0.1, 0.15) is 53.9 Å². The lowest BCUT2D eigenvalue weighted by atomic mass is 9.73. The van der Waals surface area contributed by atoms with Crippen LogP contribution >= 0.6 is 0 Å². The summed E-state index contributed by atoms with van der Waals surface area (Å²) in [7, 11) is 0. The van der Waals surface area contributed by atoms with Crippen molar-refractivity contribution in [1.82, 2.24) is 0 Å². The lowest BCUT2D eigenvalue weighted by molar-refractivity contribution is -0.123. The predicted octanol–water partition coefficient (Wildman–Crippen LogP) is 4.36. The van der Waals surface area contributed by atoms with Gasteiger partial charge in [0.2, 0.25) is 0 Å². The van der Waals surface area contributed by atoms with E-state index in [-0.39, 0.29) is 22.4 Å². The molecule has 108 valence electrons. The quantitative estimate of drug-likeness (QED) is 0.580. The van der Waals surface area contributed by atoms with Gasteiger partial charge in [0, 0.05) is 11.8 Å². The Balaban J connectivity index is 4.57. The lowest BCUT2D eigenvalue weighted by Crippen LogP contribution is -2.27. The molecule has 0 saturated heterocycles. The molecule has 0 aromatic carbocycles. The van der Waals surface area contributed by atoms with E-state index >= 15 is 0 Å². The lowest BCUT2D eigenvalue weighted by Gasteiger charge is -2.31. The second kappa shape index (κ2) is 6.83. The molecule has 19 heavy (non-hydrogen) atoms. The van der Waals surface area contributed by atoms with Gasteiger partial charge >= 0.3 is 0 Å². The average Bonchev–Trinajstić information content (AvgIpc) is 2.24. The van der Waals surface area contributed by atoms with Crippen molar-refractivity contribution in [2.75, 3.05) is 0 Å². The number of hydrogen-bond donors (Lipinski definition) is 0. The molecule has 0 aromatic rings. The van der Waals surface area contributed by atoms with Crippen molar-refractivity contribution in [1.29, 1.82) is 0 Å². The summed E-state index contributed by atoms with van der Waals surface area (Å²) in [5, 5.41) is 0. The molecule has 0 radical (unpaired) electrons. The molecule has 0 spiro atoms. The Hall–Kier alpha value is -1.18. The first-order chi connectivity index (χ1) is 8.54. The van der Waals surface area contributed by atoms with E-state index in [9.17, 15) is 9.59 Å². The average molecular weight is 264 g/mol. The molecule has 0 aromatic heterocycles. The fourth-order valence-electron chi connectivity index (χ4n) is 2.88. The van der Waals surface area contributed by atoms with Crippen LogP contribution in [0.25, 0.3) is 0 Å². The molecule has 0 aliphatic carbocycles. The van der Waals surface area contributed by atoms with Crippen molar-refractivity contribution in [2.45, 2.75) is 53.9 Å². The van der Waals surface area contributed by atoms with Gasteiger partial charge in [-0.2, -0.15) is 0 Å². The molecule has 0 saturated carbocycles. The molecule has 0 N–H and O–H groups in total. The summed E-state index contributed by atoms with van der Waals surface area (Å²) in [5.74, 6) is 0.546. The van der Waals surface area contributed by atoms with Crippen LogP contribution in [0.15, 0.2) is 25.3 Å². The minimum absolute atomic E-state index is 0.0575. The monoisotopic (exact) mass is 264 g/mol. The standard InChI is InChI=1S/C17H28O2/c1-8-14(18)12-16(4,5)10-13(3)11-17(6,7)15(19)9-2/h8-9,13H,1-2,10-12H2,3-7H3.